The van der Waals surface area contributed by atoms with Gasteiger partial charge in [-0.3, -0.25) is 13.9 Å². The van der Waals surface area contributed by atoms with Gasteiger partial charge in [0.1, 0.15) is 18.3 Å². The Kier molecular flexibility index (Phi) is 11.0. The van der Waals surface area contributed by atoms with Crippen molar-refractivity contribution in [3.05, 3.63) is 58.6 Å². The molecule has 0 aliphatic heterocycles. The number of hydrogen-bond acceptors (Lipinski definition) is 5. The van der Waals surface area contributed by atoms with Gasteiger partial charge in [-0.15, -0.1) is 0 Å². The van der Waals surface area contributed by atoms with E-state index in [1.165, 1.54) is 4.90 Å². The first kappa shape index (κ1) is 28.6. The Morgan fingerprint density at radius 1 is 1.11 bits per heavy atom. The minimum absolute atomic E-state index is 0.133. The zero-order valence-corrected chi connectivity index (χ0v) is 23.1. The monoisotopic (exact) mass is 567 g/mol. The van der Waals surface area contributed by atoms with Crippen LogP contribution in [0.15, 0.2) is 53.0 Å². The van der Waals surface area contributed by atoms with Crippen LogP contribution in [0.1, 0.15) is 38.7 Å². The molecule has 0 unspecified atom stereocenters. The summed E-state index contributed by atoms with van der Waals surface area (Å²) in [4.78, 5) is 28.1. The molecule has 2 rings (SSSR count). The first-order valence-electron chi connectivity index (χ1n) is 11.5. The number of ether oxygens (including phenoxy) is 1. The number of anilines is 1. The highest BCUT2D eigenvalue weighted by atomic mass is 79.9. The van der Waals surface area contributed by atoms with Crippen molar-refractivity contribution < 1.29 is 22.7 Å². The molecule has 0 radical (unpaired) electrons. The number of benzene rings is 2. The molecule has 0 fully saturated rings. The van der Waals surface area contributed by atoms with Crippen LogP contribution < -0.4 is 14.4 Å². The quantitative estimate of drug-likeness (QED) is 0.370. The summed E-state index contributed by atoms with van der Waals surface area (Å²) < 4.78 is 32.4. The van der Waals surface area contributed by atoms with Crippen LogP contribution in [-0.2, 0) is 26.2 Å². The van der Waals surface area contributed by atoms with E-state index in [0.29, 0.717) is 24.4 Å². The first-order chi connectivity index (χ1) is 16.6. The van der Waals surface area contributed by atoms with Crippen LogP contribution in [0, 0.1) is 0 Å². The van der Waals surface area contributed by atoms with Gasteiger partial charge < -0.3 is 15.0 Å². The molecule has 1 N–H and O–H groups in total. The number of methoxy groups -OCH3 is 1. The van der Waals surface area contributed by atoms with Crippen LogP contribution in [0.4, 0.5) is 5.69 Å². The molecule has 0 heterocycles. The molecule has 2 aromatic rings. The van der Waals surface area contributed by atoms with Crippen LogP contribution in [0.5, 0.6) is 5.75 Å². The van der Waals surface area contributed by atoms with E-state index in [4.69, 9.17) is 4.74 Å². The summed E-state index contributed by atoms with van der Waals surface area (Å²) in [6.07, 6.45) is 3.20. The fourth-order valence-corrected chi connectivity index (χ4v) is 4.73. The molecule has 0 aliphatic rings. The predicted molar refractivity (Wildman–Crippen MR) is 142 cm³/mol. The summed E-state index contributed by atoms with van der Waals surface area (Å²) in [5.41, 5.74) is 1.14. The molecule has 0 saturated carbocycles. The van der Waals surface area contributed by atoms with Gasteiger partial charge >= 0.3 is 0 Å². The summed E-state index contributed by atoms with van der Waals surface area (Å²) in [6.45, 7) is 4.08. The number of halogens is 1. The van der Waals surface area contributed by atoms with Gasteiger partial charge in [0.15, 0.2) is 0 Å². The van der Waals surface area contributed by atoms with E-state index in [1.807, 2.05) is 26.0 Å². The summed E-state index contributed by atoms with van der Waals surface area (Å²) >= 11 is 3.34. The number of amides is 2. The second kappa shape index (κ2) is 13.5. The number of hydrogen-bond donors (Lipinski definition) is 1. The number of carbonyl (C=O) groups is 2. The number of sulfonamides is 1. The number of nitrogens with one attached hydrogen (secondary N) is 1. The molecule has 0 aromatic heterocycles. The molecule has 10 heteroatoms. The van der Waals surface area contributed by atoms with Gasteiger partial charge in [-0.25, -0.2) is 8.42 Å². The molecule has 35 heavy (non-hydrogen) atoms. The third-order valence-corrected chi connectivity index (χ3v) is 7.17. The summed E-state index contributed by atoms with van der Waals surface area (Å²) in [6, 6.07) is 13.2. The zero-order valence-electron chi connectivity index (χ0n) is 20.7. The summed E-state index contributed by atoms with van der Waals surface area (Å²) in [5.74, 6) is -0.103. The van der Waals surface area contributed by atoms with Gasteiger partial charge in [0, 0.05) is 17.6 Å². The van der Waals surface area contributed by atoms with Crippen molar-refractivity contribution in [1.29, 1.82) is 0 Å². The predicted octanol–water partition coefficient (Wildman–Crippen LogP) is 3.95. The fraction of sp³-hybridized carbons (Fsp3) is 0.440. The van der Waals surface area contributed by atoms with E-state index in [0.717, 1.165) is 33.4 Å². The van der Waals surface area contributed by atoms with Crippen molar-refractivity contribution in [1.82, 2.24) is 10.2 Å². The SMILES string of the molecule is CCCCNC(=O)[C@@H](CC)N(Cc1cccc(OC)c1)C(=O)CN(c1ccc(Br)cc1)S(C)(=O)=O. The van der Waals surface area contributed by atoms with Gasteiger partial charge in [-0.2, -0.15) is 0 Å². The van der Waals surface area contributed by atoms with E-state index < -0.39 is 28.5 Å². The second-order valence-electron chi connectivity index (χ2n) is 8.19. The molecule has 0 saturated heterocycles. The lowest BCUT2D eigenvalue weighted by atomic mass is 10.1. The number of unbranched alkanes of at least 4 members (excludes halogenated alkanes) is 1. The third kappa shape index (κ3) is 8.54. The smallest absolute Gasteiger partial charge is 0.244 e. The maximum Gasteiger partial charge on any atom is 0.244 e. The first-order valence-corrected chi connectivity index (χ1v) is 14.2. The van der Waals surface area contributed by atoms with Gasteiger partial charge in [0.05, 0.1) is 19.1 Å². The maximum atomic E-state index is 13.6. The normalized spacial score (nSPS) is 12.0. The zero-order chi connectivity index (χ0) is 26.0. The van der Waals surface area contributed by atoms with Crippen LogP contribution >= 0.6 is 15.9 Å². The highest BCUT2D eigenvalue weighted by molar-refractivity contribution is 9.10. The standard InChI is InChI=1S/C25H34BrN3O5S/c1-5-7-15-27-25(31)23(6-2)28(17-19-9-8-10-22(16-19)34-3)24(30)18-29(35(4,32)33)21-13-11-20(26)12-14-21/h8-14,16,23H,5-7,15,17-18H2,1-4H3,(H,27,31)/t23-/m1/s1. The number of rotatable bonds is 13. The van der Waals surface area contributed by atoms with E-state index in [-0.39, 0.29) is 12.5 Å². The fourth-order valence-electron chi connectivity index (χ4n) is 3.61. The van der Waals surface area contributed by atoms with Gasteiger partial charge in [0.25, 0.3) is 0 Å². The lowest BCUT2D eigenvalue weighted by molar-refractivity contribution is -0.140. The second-order valence-corrected chi connectivity index (χ2v) is 11.0. The molecular weight excluding hydrogens is 534 g/mol. The van der Waals surface area contributed by atoms with Gasteiger partial charge in [-0.05, 0) is 54.8 Å². The Labute approximate surface area is 216 Å². The molecule has 0 aliphatic carbocycles. The third-order valence-electron chi connectivity index (χ3n) is 5.50. The van der Waals surface area contributed by atoms with E-state index in [9.17, 15) is 18.0 Å². The number of nitrogens with zero attached hydrogens (tertiary/aromatic N) is 2. The lowest BCUT2D eigenvalue weighted by Gasteiger charge is -2.33. The van der Waals surface area contributed by atoms with E-state index in [1.54, 1.807) is 43.5 Å². The molecule has 0 spiro atoms. The van der Waals surface area contributed by atoms with Crippen LogP contribution in [0.25, 0.3) is 0 Å². The number of carbonyl (C=O) groups excluding carboxylic acids is 2. The Bertz CT molecular complexity index is 1090. The molecule has 2 amide bonds. The Morgan fingerprint density at radius 2 is 1.80 bits per heavy atom. The van der Waals surface area contributed by atoms with E-state index >= 15 is 0 Å². The minimum atomic E-state index is -3.76. The summed E-state index contributed by atoms with van der Waals surface area (Å²) in [5, 5.41) is 2.91. The highest BCUT2D eigenvalue weighted by Gasteiger charge is 2.31. The molecule has 2 aromatic carbocycles. The molecule has 0 bridgehead atoms. The molecule has 8 nitrogen and oxygen atoms in total. The molecule has 1 atom stereocenters. The van der Waals surface area contributed by atoms with Crippen molar-refractivity contribution in [2.75, 3.05) is 30.8 Å². The van der Waals surface area contributed by atoms with Crippen LogP contribution in [0.3, 0.4) is 0 Å². The van der Waals surface area contributed by atoms with Crippen molar-refractivity contribution in [2.45, 2.75) is 45.7 Å². The minimum Gasteiger partial charge on any atom is -0.497 e. The maximum absolute atomic E-state index is 13.6. The summed E-state index contributed by atoms with van der Waals surface area (Å²) in [7, 11) is -2.21. The van der Waals surface area contributed by atoms with Crippen molar-refractivity contribution in [3.8, 4) is 5.75 Å². The van der Waals surface area contributed by atoms with Crippen LogP contribution in [0.2, 0.25) is 0 Å². The van der Waals surface area contributed by atoms with Gasteiger partial charge in [-0.1, -0.05) is 48.3 Å². The topological polar surface area (TPSA) is 96.0 Å². The highest BCUT2D eigenvalue weighted by Crippen LogP contribution is 2.22. The van der Waals surface area contributed by atoms with Crippen molar-refractivity contribution in [2.24, 2.45) is 0 Å². The largest absolute Gasteiger partial charge is 0.497 e. The van der Waals surface area contributed by atoms with Gasteiger partial charge in [0.2, 0.25) is 21.8 Å². The van der Waals surface area contributed by atoms with Crippen molar-refractivity contribution >= 4 is 43.5 Å². The Balaban J connectivity index is 2.40. The Morgan fingerprint density at radius 3 is 2.37 bits per heavy atom. The van der Waals surface area contributed by atoms with E-state index in [2.05, 4.69) is 21.2 Å². The Hall–Kier alpha value is -2.59. The van der Waals surface area contributed by atoms with Crippen molar-refractivity contribution in [3.63, 3.8) is 0 Å². The lowest BCUT2D eigenvalue weighted by Crippen LogP contribution is -2.52. The van der Waals surface area contributed by atoms with Crippen LogP contribution in [-0.4, -0.2) is 57.6 Å². The molecular formula is C25H34BrN3O5S. The average Bonchev–Trinajstić information content (AvgIpc) is 2.82. The molecule has 192 valence electrons. The average molecular weight is 569 g/mol.